The number of hydrogen-bond acceptors (Lipinski definition) is 4. The van der Waals surface area contributed by atoms with Gasteiger partial charge in [-0.2, -0.15) is 0 Å². The van der Waals surface area contributed by atoms with Crippen molar-refractivity contribution in [3.05, 3.63) is 35.5 Å². The van der Waals surface area contributed by atoms with Gasteiger partial charge in [-0.1, -0.05) is 13.0 Å². The highest BCUT2D eigenvalue weighted by molar-refractivity contribution is 5.99. The minimum absolute atomic E-state index is 0.0333. The number of pyridine rings is 1. The molecule has 2 rings (SSSR count). The number of aryl methyl sites for hydroxylation is 1. The minimum Gasteiger partial charge on any atom is -0.489 e. The monoisotopic (exact) mass is 287 g/mol. The Bertz CT molecular complexity index is 650. The van der Waals surface area contributed by atoms with E-state index in [-0.39, 0.29) is 6.10 Å². The molecule has 0 fully saturated rings. The lowest BCUT2D eigenvalue weighted by Gasteiger charge is -2.16. The number of hydrogen-bond donors (Lipinski definition) is 0. The lowest BCUT2D eigenvalue weighted by Crippen LogP contribution is -2.13. The molecular formula is C17H21NO3. The predicted molar refractivity (Wildman–Crippen MR) is 82.8 cm³/mol. The van der Waals surface area contributed by atoms with Crippen LogP contribution in [0.4, 0.5) is 0 Å². The molecule has 1 aromatic heterocycles. The molecule has 0 saturated carbocycles. The third kappa shape index (κ3) is 3.32. The van der Waals surface area contributed by atoms with E-state index in [1.165, 1.54) is 11.8 Å². The number of carbonyl (C=O) groups is 1. The summed E-state index contributed by atoms with van der Waals surface area (Å²) in [5, 5.41) is 0.855. The largest absolute Gasteiger partial charge is 0.489 e. The number of esters is 1. The van der Waals surface area contributed by atoms with E-state index in [0.29, 0.717) is 17.9 Å². The standard InChI is InChI=1S/C17H21NO3/c1-5-12-7-8-15-13(9-12)16(21-11(3)4)14(10-18-15)17(19)20-6-2/h7-11H,5-6H2,1-4H3. The summed E-state index contributed by atoms with van der Waals surface area (Å²) in [5.74, 6) is 0.160. The van der Waals surface area contributed by atoms with Gasteiger partial charge < -0.3 is 9.47 Å². The molecule has 2 aromatic rings. The smallest absolute Gasteiger partial charge is 0.343 e. The Morgan fingerprint density at radius 3 is 2.67 bits per heavy atom. The van der Waals surface area contributed by atoms with E-state index in [1.54, 1.807) is 6.92 Å². The van der Waals surface area contributed by atoms with Crippen LogP contribution in [0.1, 0.15) is 43.6 Å². The Morgan fingerprint density at radius 2 is 2.05 bits per heavy atom. The van der Waals surface area contributed by atoms with E-state index in [2.05, 4.69) is 11.9 Å². The van der Waals surface area contributed by atoms with Crippen molar-refractivity contribution in [1.82, 2.24) is 4.98 Å². The molecule has 0 saturated heterocycles. The summed E-state index contributed by atoms with van der Waals surface area (Å²) in [4.78, 5) is 16.4. The summed E-state index contributed by atoms with van der Waals surface area (Å²) >= 11 is 0. The highest BCUT2D eigenvalue weighted by atomic mass is 16.5. The summed E-state index contributed by atoms with van der Waals surface area (Å²) in [7, 11) is 0. The molecular weight excluding hydrogens is 266 g/mol. The number of fused-ring (bicyclic) bond motifs is 1. The number of aromatic nitrogens is 1. The highest BCUT2D eigenvalue weighted by Crippen LogP contribution is 2.31. The minimum atomic E-state index is -0.399. The van der Waals surface area contributed by atoms with Gasteiger partial charge in [0.15, 0.2) is 0 Å². The van der Waals surface area contributed by atoms with Gasteiger partial charge in [-0.05, 0) is 44.9 Å². The molecule has 0 aliphatic carbocycles. The van der Waals surface area contributed by atoms with Gasteiger partial charge in [0, 0.05) is 11.6 Å². The average Bonchev–Trinajstić information content (AvgIpc) is 2.46. The number of nitrogens with zero attached hydrogens (tertiary/aromatic N) is 1. The van der Waals surface area contributed by atoms with Gasteiger partial charge in [0.25, 0.3) is 0 Å². The van der Waals surface area contributed by atoms with Crippen LogP contribution in [0, 0.1) is 0 Å². The van der Waals surface area contributed by atoms with Crippen LogP contribution in [-0.2, 0) is 11.2 Å². The van der Waals surface area contributed by atoms with E-state index in [0.717, 1.165) is 17.3 Å². The maximum absolute atomic E-state index is 12.1. The zero-order chi connectivity index (χ0) is 15.4. The maximum Gasteiger partial charge on any atom is 0.343 e. The van der Waals surface area contributed by atoms with Crippen molar-refractivity contribution >= 4 is 16.9 Å². The van der Waals surface area contributed by atoms with Crippen molar-refractivity contribution in [3.8, 4) is 5.75 Å². The van der Waals surface area contributed by atoms with Crippen LogP contribution >= 0.6 is 0 Å². The van der Waals surface area contributed by atoms with Crippen molar-refractivity contribution in [3.63, 3.8) is 0 Å². The second-order valence-electron chi connectivity index (χ2n) is 5.09. The van der Waals surface area contributed by atoms with Gasteiger partial charge in [-0.3, -0.25) is 4.98 Å². The van der Waals surface area contributed by atoms with Crippen molar-refractivity contribution < 1.29 is 14.3 Å². The van der Waals surface area contributed by atoms with Crippen LogP contribution in [-0.4, -0.2) is 23.7 Å². The van der Waals surface area contributed by atoms with Gasteiger partial charge in [-0.15, -0.1) is 0 Å². The fraction of sp³-hybridized carbons (Fsp3) is 0.412. The maximum atomic E-state index is 12.1. The molecule has 1 aromatic carbocycles. The third-order valence-electron chi connectivity index (χ3n) is 3.14. The molecule has 0 atom stereocenters. The van der Waals surface area contributed by atoms with Crippen LogP contribution in [0.5, 0.6) is 5.75 Å². The molecule has 112 valence electrons. The Kier molecular flexibility index (Phi) is 4.78. The second-order valence-corrected chi connectivity index (χ2v) is 5.09. The first-order valence-corrected chi connectivity index (χ1v) is 7.32. The van der Waals surface area contributed by atoms with E-state index < -0.39 is 5.97 Å². The Balaban J connectivity index is 2.64. The van der Waals surface area contributed by atoms with Gasteiger partial charge in [0.1, 0.15) is 11.3 Å². The first kappa shape index (κ1) is 15.3. The van der Waals surface area contributed by atoms with Crippen LogP contribution in [0.15, 0.2) is 24.4 Å². The van der Waals surface area contributed by atoms with Crippen molar-refractivity contribution in [2.75, 3.05) is 6.61 Å². The number of ether oxygens (including phenoxy) is 2. The molecule has 0 aliphatic rings. The van der Waals surface area contributed by atoms with E-state index >= 15 is 0 Å². The molecule has 0 radical (unpaired) electrons. The SMILES string of the molecule is CCOC(=O)c1cnc2ccc(CC)cc2c1OC(C)C. The van der Waals surface area contributed by atoms with Crippen LogP contribution in [0.2, 0.25) is 0 Å². The summed E-state index contributed by atoms with van der Waals surface area (Å²) < 4.78 is 11.0. The van der Waals surface area contributed by atoms with Crippen molar-refractivity contribution in [2.24, 2.45) is 0 Å². The average molecular weight is 287 g/mol. The normalized spacial score (nSPS) is 10.9. The van der Waals surface area contributed by atoms with Crippen LogP contribution < -0.4 is 4.74 Å². The lowest BCUT2D eigenvalue weighted by atomic mass is 10.1. The summed E-state index contributed by atoms with van der Waals surface area (Å²) in [6.07, 6.45) is 2.42. The molecule has 0 N–H and O–H groups in total. The van der Waals surface area contributed by atoms with Gasteiger partial charge in [0.05, 0.1) is 18.2 Å². The summed E-state index contributed by atoms with van der Waals surface area (Å²) in [6, 6.07) is 6.03. The Labute approximate surface area is 125 Å². The highest BCUT2D eigenvalue weighted by Gasteiger charge is 2.19. The van der Waals surface area contributed by atoms with Gasteiger partial charge >= 0.3 is 5.97 Å². The number of rotatable bonds is 5. The molecule has 1 heterocycles. The van der Waals surface area contributed by atoms with E-state index in [9.17, 15) is 4.79 Å². The first-order chi connectivity index (χ1) is 10.1. The lowest BCUT2D eigenvalue weighted by molar-refractivity contribution is 0.0520. The molecule has 21 heavy (non-hydrogen) atoms. The van der Waals surface area contributed by atoms with E-state index in [4.69, 9.17) is 9.47 Å². The quantitative estimate of drug-likeness (QED) is 0.786. The van der Waals surface area contributed by atoms with Gasteiger partial charge in [-0.25, -0.2) is 4.79 Å². The summed E-state index contributed by atoms with van der Waals surface area (Å²) in [5.41, 5.74) is 2.38. The van der Waals surface area contributed by atoms with Gasteiger partial charge in [0.2, 0.25) is 0 Å². The first-order valence-electron chi connectivity index (χ1n) is 7.32. The zero-order valence-electron chi connectivity index (χ0n) is 13.0. The van der Waals surface area contributed by atoms with Crippen molar-refractivity contribution in [2.45, 2.75) is 40.2 Å². The Hall–Kier alpha value is -2.10. The van der Waals surface area contributed by atoms with Crippen LogP contribution in [0.3, 0.4) is 0 Å². The van der Waals surface area contributed by atoms with Crippen molar-refractivity contribution in [1.29, 1.82) is 0 Å². The summed E-state index contributed by atoms with van der Waals surface area (Å²) in [6.45, 7) is 8.07. The Morgan fingerprint density at radius 1 is 1.29 bits per heavy atom. The van der Waals surface area contributed by atoms with E-state index in [1.807, 2.05) is 32.0 Å². The molecule has 0 amide bonds. The predicted octanol–water partition coefficient (Wildman–Crippen LogP) is 3.76. The van der Waals surface area contributed by atoms with Crippen LogP contribution in [0.25, 0.3) is 10.9 Å². The molecule has 0 bridgehead atoms. The fourth-order valence-corrected chi connectivity index (χ4v) is 2.15. The zero-order valence-corrected chi connectivity index (χ0v) is 13.0. The fourth-order valence-electron chi connectivity index (χ4n) is 2.15. The second kappa shape index (κ2) is 6.57. The molecule has 0 aliphatic heterocycles. The number of benzene rings is 1. The topological polar surface area (TPSA) is 48.4 Å². The molecule has 0 unspecified atom stereocenters. The molecule has 0 spiro atoms. The molecule has 4 heteroatoms. The third-order valence-corrected chi connectivity index (χ3v) is 3.14. The molecule has 4 nitrogen and oxygen atoms in total. The number of carbonyl (C=O) groups excluding carboxylic acids is 1.